The average molecular weight is 527 g/mol. The van der Waals surface area contributed by atoms with Crippen LogP contribution in [0, 0.1) is 0 Å². The molecule has 0 aliphatic carbocycles. The van der Waals surface area contributed by atoms with Gasteiger partial charge >= 0.3 is 18.3 Å². The Kier molecular flexibility index (Phi) is 8.60. The SMILES string of the molecule is CC(C)(C)OC(=O)N(C(=O)OC(C)(C)C)c1ccc(N2CCN(C(=O)OCc3ccccc3)CC2=O)cn1. The molecule has 3 rings (SSSR count). The van der Waals surface area contributed by atoms with E-state index in [0.717, 1.165) is 5.56 Å². The number of pyridine rings is 1. The molecule has 1 fully saturated rings. The summed E-state index contributed by atoms with van der Waals surface area (Å²) in [4.78, 5) is 58.7. The van der Waals surface area contributed by atoms with Crippen molar-refractivity contribution in [2.75, 3.05) is 29.4 Å². The smallest absolute Gasteiger partial charge is 0.425 e. The molecule has 2 heterocycles. The fraction of sp³-hybridized carbons (Fsp3) is 0.444. The minimum atomic E-state index is -0.939. The molecule has 0 spiro atoms. The Morgan fingerprint density at radius 2 is 1.50 bits per heavy atom. The highest BCUT2D eigenvalue weighted by Gasteiger charge is 2.34. The maximum atomic E-state index is 12.8. The lowest BCUT2D eigenvalue weighted by atomic mass is 10.2. The van der Waals surface area contributed by atoms with Crippen LogP contribution in [-0.2, 0) is 25.6 Å². The monoisotopic (exact) mass is 526 g/mol. The minimum Gasteiger partial charge on any atom is -0.445 e. The van der Waals surface area contributed by atoms with Crippen LogP contribution in [0.3, 0.4) is 0 Å². The summed E-state index contributed by atoms with van der Waals surface area (Å²) in [6.45, 7) is 10.5. The molecule has 0 bridgehead atoms. The van der Waals surface area contributed by atoms with Gasteiger partial charge in [0.2, 0.25) is 5.91 Å². The Morgan fingerprint density at radius 1 is 0.895 bits per heavy atom. The number of carbonyl (C=O) groups is 4. The Balaban J connectivity index is 1.68. The van der Waals surface area contributed by atoms with E-state index in [4.69, 9.17) is 14.2 Å². The first-order valence-electron chi connectivity index (χ1n) is 12.2. The molecule has 0 unspecified atom stereocenters. The van der Waals surface area contributed by atoms with Crippen LogP contribution in [0.2, 0.25) is 0 Å². The number of nitrogens with zero attached hydrogens (tertiary/aromatic N) is 4. The van der Waals surface area contributed by atoms with Crippen molar-refractivity contribution in [2.24, 2.45) is 0 Å². The molecule has 1 aromatic heterocycles. The number of benzene rings is 1. The average Bonchev–Trinajstić information content (AvgIpc) is 2.81. The van der Waals surface area contributed by atoms with E-state index in [2.05, 4.69) is 4.98 Å². The number of hydrogen-bond acceptors (Lipinski definition) is 8. The Hall–Kier alpha value is -4.15. The molecule has 0 radical (unpaired) electrons. The van der Waals surface area contributed by atoms with Gasteiger partial charge in [0.15, 0.2) is 0 Å². The molecule has 1 saturated heterocycles. The third kappa shape index (κ3) is 7.92. The fourth-order valence-electron chi connectivity index (χ4n) is 3.46. The number of imide groups is 1. The first kappa shape index (κ1) is 28.4. The molecule has 1 aliphatic heterocycles. The summed E-state index contributed by atoms with van der Waals surface area (Å²) in [5.41, 5.74) is -0.412. The van der Waals surface area contributed by atoms with Gasteiger partial charge in [-0.3, -0.25) is 9.69 Å². The minimum absolute atomic E-state index is 0.0205. The number of rotatable bonds is 4. The highest BCUT2D eigenvalue weighted by atomic mass is 16.6. The van der Waals surface area contributed by atoms with Crippen molar-refractivity contribution in [1.29, 1.82) is 0 Å². The van der Waals surface area contributed by atoms with Gasteiger partial charge < -0.3 is 19.1 Å². The summed E-state index contributed by atoms with van der Waals surface area (Å²) in [5.74, 6) is -0.341. The first-order chi connectivity index (χ1) is 17.7. The quantitative estimate of drug-likeness (QED) is 0.524. The summed E-state index contributed by atoms with van der Waals surface area (Å²) >= 11 is 0. The van der Waals surface area contributed by atoms with E-state index in [1.807, 2.05) is 30.3 Å². The summed E-state index contributed by atoms with van der Waals surface area (Å²) in [6.07, 6.45) is -1.07. The number of carbonyl (C=O) groups excluding carboxylic acids is 4. The van der Waals surface area contributed by atoms with Crippen LogP contribution < -0.4 is 9.80 Å². The Labute approximate surface area is 222 Å². The zero-order valence-corrected chi connectivity index (χ0v) is 22.6. The fourth-order valence-corrected chi connectivity index (χ4v) is 3.46. The molecule has 0 N–H and O–H groups in total. The van der Waals surface area contributed by atoms with E-state index in [1.165, 1.54) is 22.1 Å². The van der Waals surface area contributed by atoms with Gasteiger partial charge in [0.05, 0.1) is 11.9 Å². The van der Waals surface area contributed by atoms with E-state index in [0.29, 0.717) is 10.6 Å². The zero-order valence-electron chi connectivity index (χ0n) is 22.6. The van der Waals surface area contributed by atoms with Gasteiger partial charge in [0.1, 0.15) is 30.2 Å². The van der Waals surface area contributed by atoms with Gasteiger partial charge in [-0.25, -0.2) is 19.4 Å². The summed E-state index contributed by atoms with van der Waals surface area (Å²) in [6, 6.07) is 12.3. The van der Waals surface area contributed by atoms with Crippen molar-refractivity contribution in [3.63, 3.8) is 0 Å². The molecule has 11 heteroatoms. The molecule has 204 valence electrons. The summed E-state index contributed by atoms with van der Waals surface area (Å²) < 4.78 is 16.1. The second-order valence-corrected chi connectivity index (χ2v) is 10.7. The van der Waals surface area contributed by atoms with Crippen molar-refractivity contribution >= 4 is 35.7 Å². The highest BCUT2D eigenvalue weighted by Crippen LogP contribution is 2.24. The first-order valence-corrected chi connectivity index (χ1v) is 12.2. The second-order valence-electron chi connectivity index (χ2n) is 10.7. The molecular weight excluding hydrogens is 492 g/mol. The van der Waals surface area contributed by atoms with Gasteiger partial charge in [-0.1, -0.05) is 30.3 Å². The van der Waals surface area contributed by atoms with E-state index in [-0.39, 0.29) is 38.0 Å². The van der Waals surface area contributed by atoms with Crippen LogP contribution in [0.5, 0.6) is 0 Å². The maximum absolute atomic E-state index is 12.8. The number of aromatic nitrogens is 1. The molecule has 11 nitrogen and oxygen atoms in total. The molecule has 0 saturated carbocycles. The van der Waals surface area contributed by atoms with Gasteiger partial charge in [0.25, 0.3) is 0 Å². The second kappa shape index (κ2) is 11.5. The van der Waals surface area contributed by atoms with Crippen LogP contribution in [-0.4, -0.2) is 64.9 Å². The largest absolute Gasteiger partial charge is 0.445 e. The molecule has 38 heavy (non-hydrogen) atoms. The highest BCUT2D eigenvalue weighted by molar-refractivity contribution is 6.09. The van der Waals surface area contributed by atoms with Crippen molar-refractivity contribution < 1.29 is 33.4 Å². The van der Waals surface area contributed by atoms with Crippen molar-refractivity contribution in [1.82, 2.24) is 9.88 Å². The standard InChI is InChI=1S/C27H34N4O7/c1-26(2,3)37-24(34)31(25(35)38-27(4,5)6)21-13-12-20(16-28-21)30-15-14-29(17-22(30)32)23(33)36-18-19-10-8-7-9-11-19/h7-13,16H,14-15,17-18H2,1-6H3. The van der Waals surface area contributed by atoms with E-state index in [9.17, 15) is 19.2 Å². The number of anilines is 2. The predicted octanol–water partition coefficient (Wildman–Crippen LogP) is 4.74. The molecule has 0 atom stereocenters. The number of ether oxygens (including phenoxy) is 3. The molecular formula is C27H34N4O7. The third-order valence-corrected chi connectivity index (χ3v) is 5.11. The van der Waals surface area contributed by atoms with Crippen molar-refractivity contribution in [3.8, 4) is 0 Å². The van der Waals surface area contributed by atoms with Gasteiger partial charge in [0, 0.05) is 13.1 Å². The van der Waals surface area contributed by atoms with Crippen LogP contribution >= 0.6 is 0 Å². The van der Waals surface area contributed by atoms with Crippen LogP contribution in [0.1, 0.15) is 47.1 Å². The summed E-state index contributed by atoms with van der Waals surface area (Å²) in [5, 5.41) is 0. The summed E-state index contributed by atoms with van der Waals surface area (Å²) in [7, 11) is 0. The van der Waals surface area contributed by atoms with Crippen LogP contribution in [0.25, 0.3) is 0 Å². The van der Waals surface area contributed by atoms with Crippen molar-refractivity contribution in [3.05, 3.63) is 54.2 Å². The van der Waals surface area contributed by atoms with Crippen LogP contribution in [0.15, 0.2) is 48.7 Å². The van der Waals surface area contributed by atoms with Gasteiger partial charge in [-0.2, -0.15) is 4.90 Å². The Morgan fingerprint density at radius 3 is 2.00 bits per heavy atom. The van der Waals surface area contributed by atoms with Crippen molar-refractivity contribution in [2.45, 2.75) is 59.4 Å². The third-order valence-electron chi connectivity index (χ3n) is 5.11. The molecule has 1 aromatic carbocycles. The normalized spacial score (nSPS) is 14.1. The molecule has 4 amide bonds. The lowest BCUT2D eigenvalue weighted by Gasteiger charge is -2.33. The topological polar surface area (TPSA) is 119 Å². The van der Waals surface area contributed by atoms with Gasteiger partial charge in [-0.15, -0.1) is 0 Å². The lowest BCUT2D eigenvalue weighted by Crippen LogP contribution is -2.52. The number of amides is 4. The van der Waals surface area contributed by atoms with E-state index < -0.39 is 29.5 Å². The van der Waals surface area contributed by atoms with E-state index >= 15 is 0 Å². The van der Waals surface area contributed by atoms with Crippen LogP contribution in [0.4, 0.5) is 25.9 Å². The predicted molar refractivity (Wildman–Crippen MR) is 140 cm³/mol. The Bertz CT molecular complexity index is 1130. The lowest BCUT2D eigenvalue weighted by molar-refractivity contribution is -0.120. The number of piperazine rings is 1. The maximum Gasteiger partial charge on any atom is 0.425 e. The molecule has 1 aliphatic rings. The van der Waals surface area contributed by atoms with Gasteiger partial charge in [-0.05, 0) is 59.2 Å². The molecule has 2 aromatic rings. The zero-order chi connectivity index (χ0) is 28.1. The number of hydrogen-bond donors (Lipinski definition) is 0. The van der Waals surface area contributed by atoms with E-state index in [1.54, 1.807) is 47.6 Å².